The highest BCUT2D eigenvalue weighted by Gasteiger charge is 2.09. The number of rotatable bonds is 8. The first-order valence-corrected chi connectivity index (χ1v) is 7.52. The Bertz CT molecular complexity index is 343. The molecule has 1 aromatic rings. The lowest BCUT2D eigenvalue weighted by Gasteiger charge is -2.23. The first kappa shape index (κ1) is 16.2. The molecule has 2 heteroatoms. The number of unbranched alkanes of at least 4 members (excludes halogenated alkanes) is 1. The zero-order valence-corrected chi connectivity index (χ0v) is 13.2. The van der Waals surface area contributed by atoms with Crippen LogP contribution in [0.25, 0.3) is 0 Å². The van der Waals surface area contributed by atoms with Crippen molar-refractivity contribution in [1.82, 2.24) is 10.2 Å². The number of nitrogens with one attached hydrogen (secondary N) is 1. The molecule has 0 aliphatic rings. The van der Waals surface area contributed by atoms with Crippen molar-refractivity contribution in [3.05, 3.63) is 35.4 Å². The van der Waals surface area contributed by atoms with Crippen molar-refractivity contribution in [2.24, 2.45) is 0 Å². The maximum absolute atomic E-state index is 3.65. The standard InChI is InChI=1S/C17H30N2/c1-6-7-8-16-9-11-17(12-10-16)15(3)18-14(2)13-19(4)5/h9-12,14-15,18H,6-8,13H2,1-5H3. The summed E-state index contributed by atoms with van der Waals surface area (Å²) in [4.78, 5) is 2.22. The largest absolute Gasteiger partial charge is 0.308 e. The van der Waals surface area contributed by atoms with Crippen molar-refractivity contribution in [1.29, 1.82) is 0 Å². The minimum absolute atomic E-state index is 0.412. The van der Waals surface area contributed by atoms with E-state index in [1.54, 1.807) is 0 Å². The van der Waals surface area contributed by atoms with Crippen LogP contribution in [0.15, 0.2) is 24.3 Å². The van der Waals surface area contributed by atoms with E-state index in [1.165, 1.54) is 30.4 Å². The van der Waals surface area contributed by atoms with Gasteiger partial charge in [0, 0.05) is 18.6 Å². The summed E-state index contributed by atoms with van der Waals surface area (Å²) in [5.74, 6) is 0. The van der Waals surface area contributed by atoms with Gasteiger partial charge in [-0.2, -0.15) is 0 Å². The van der Waals surface area contributed by atoms with E-state index in [9.17, 15) is 0 Å². The Morgan fingerprint density at radius 1 is 1.11 bits per heavy atom. The van der Waals surface area contributed by atoms with Crippen LogP contribution < -0.4 is 5.32 Å². The van der Waals surface area contributed by atoms with E-state index < -0.39 is 0 Å². The van der Waals surface area contributed by atoms with Gasteiger partial charge in [-0.3, -0.25) is 0 Å². The average Bonchev–Trinajstić information content (AvgIpc) is 2.35. The number of benzene rings is 1. The highest BCUT2D eigenvalue weighted by atomic mass is 15.1. The van der Waals surface area contributed by atoms with Crippen LogP contribution in [0.3, 0.4) is 0 Å². The highest BCUT2D eigenvalue weighted by Crippen LogP contribution is 2.15. The SMILES string of the molecule is CCCCc1ccc(C(C)NC(C)CN(C)C)cc1. The van der Waals surface area contributed by atoms with E-state index in [2.05, 4.69) is 69.3 Å². The number of hydrogen-bond donors (Lipinski definition) is 1. The molecule has 0 aliphatic heterocycles. The molecule has 0 bridgehead atoms. The second kappa shape index (κ2) is 8.34. The van der Waals surface area contributed by atoms with Crippen LogP contribution in [0, 0.1) is 0 Å². The molecule has 0 amide bonds. The van der Waals surface area contributed by atoms with Crippen LogP contribution in [0.5, 0.6) is 0 Å². The van der Waals surface area contributed by atoms with Gasteiger partial charge in [0.25, 0.3) is 0 Å². The first-order chi connectivity index (χ1) is 9.02. The Kier molecular flexibility index (Phi) is 7.11. The normalized spacial score (nSPS) is 14.6. The summed E-state index contributed by atoms with van der Waals surface area (Å²) >= 11 is 0. The minimum Gasteiger partial charge on any atom is -0.308 e. The van der Waals surface area contributed by atoms with Crippen LogP contribution >= 0.6 is 0 Å². The number of hydrogen-bond acceptors (Lipinski definition) is 2. The lowest BCUT2D eigenvalue weighted by molar-refractivity contribution is 0.334. The smallest absolute Gasteiger partial charge is 0.0294 e. The minimum atomic E-state index is 0.412. The molecular weight excluding hydrogens is 232 g/mol. The number of nitrogens with zero attached hydrogens (tertiary/aromatic N) is 1. The molecule has 0 radical (unpaired) electrons. The fourth-order valence-electron chi connectivity index (χ4n) is 2.48. The topological polar surface area (TPSA) is 15.3 Å². The average molecular weight is 262 g/mol. The van der Waals surface area contributed by atoms with E-state index in [0.29, 0.717) is 12.1 Å². The highest BCUT2D eigenvalue weighted by molar-refractivity contribution is 5.24. The van der Waals surface area contributed by atoms with E-state index in [4.69, 9.17) is 0 Å². The molecule has 1 aromatic carbocycles. The third-order valence-corrected chi connectivity index (χ3v) is 3.47. The van der Waals surface area contributed by atoms with Crippen LogP contribution in [-0.4, -0.2) is 31.6 Å². The molecule has 0 aromatic heterocycles. The molecule has 0 aliphatic carbocycles. The Balaban J connectivity index is 2.50. The van der Waals surface area contributed by atoms with Gasteiger partial charge < -0.3 is 10.2 Å². The van der Waals surface area contributed by atoms with Crippen LogP contribution in [0.2, 0.25) is 0 Å². The summed E-state index contributed by atoms with van der Waals surface area (Å²) in [5.41, 5.74) is 2.84. The lowest BCUT2D eigenvalue weighted by atomic mass is 10.0. The second-order valence-corrected chi connectivity index (χ2v) is 5.90. The second-order valence-electron chi connectivity index (χ2n) is 5.90. The Morgan fingerprint density at radius 2 is 1.74 bits per heavy atom. The molecule has 0 heterocycles. The molecule has 2 nitrogen and oxygen atoms in total. The van der Waals surface area contributed by atoms with Gasteiger partial charge in [0.2, 0.25) is 0 Å². The van der Waals surface area contributed by atoms with Crippen LogP contribution in [0.4, 0.5) is 0 Å². The molecule has 1 rings (SSSR count). The lowest BCUT2D eigenvalue weighted by Crippen LogP contribution is -2.37. The summed E-state index contributed by atoms with van der Waals surface area (Å²) in [6.07, 6.45) is 3.75. The molecular formula is C17H30N2. The predicted molar refractivity (Wildman–Crippen MR) is 84.6 cm³/mol. The Morgan fingerprint density at radius 3 is 2.26 bits per heavy atom. The number of aryl methyl sites for hydroxylation is 1. The van der Waals surface area contributed by atoms with Gasteiger partial charge in [0.1, 0.15) is 0 Å². The summed E-state index contributed by atoms with van der Waals surface area (Å²) in [6, 6.07) is 10.0. The Labute approximate surface area is 119 Å². The summed E-state index contributed by atoms with van der Waals surface area (Å²) in [6.45, 7) is 7.80. The Hall–Kier alpha value is -0.860. The fourth-order valence-corrected chi connectivity index (χ4v) is 2.48. The van der Waals surface area contributed by atoms with Gasteiger partial charge in [-0.05, 0) is 51.9 Å². The third kappa shape index (κ3) is 6.22. The van der Waals surface area contributed by atoms with Gasteiger partial charge in [0.15, 0.2) is 0 Å². The molecule has 2 unspecified atom stereocenters. The molecule has 19 heavy (non-hydrogen) atoms. The molecule has 2 atom stereocenters. The van der Waals surface area contributed by atoms with Crippen molar-refractivity contribution < 1.29 is 0 Å². The molecule has 0 saturated heterocycles. The van der Waals surface area contributed by atoms with E-state index in [-0.39, 0.29) is 0 Å². The molecule has 0 fully saturated rings. The summed E-state index contributed by atoms with van der Waals surface area (Å²) < 4.78 is 0. The van der Waals surface area contributed by atoms with Gasteiger partial charge in [-0.25, -0.2) is 0 Å². The zero-order valence-electron chi connectivity index (χ0n) is 13.2. The maximum Gasteiger partial charge on any atom is 0.0294 e. The predicted octanol–water partition coefficient (Wildman–Crippen LogP) is 3.63. The fraction of sp³-hybridized carbons (Fsp3) is 0.647. The van der Waals surface area contributed by atoms with Crippen LogP contribution in [0.1, 0.15) is 50.8 Å². The summed E-state index contributed by atoms with van der Waals surface area (Å²) in [7, 11) is 4.23. The van der Waals surface area contributed by atoms with Crippen molar-refractivity contribution in [2.45, 2.75) is 52.1 Å². The van der Waals surface area contributed by atoms with E-state index in [1.807, 2.05) is 0 Å². The number of likely N-dealkylation sites (N-methyl/N-ethyl adjacent to an activating group) is 1. The van der Waals surface area contributed by atoms with E-state index >= 15 is 0 Å². The van der Waals surface area contributed by atoms with Gasteiger partial charge >= 0.3 is 0 Å². The zero-order chi connectivity index (χ0) is 14.3. The summed E-state index contributed by atoms with van der Waals surface area (Å²) in [5, 5.41) is 3.65. The van der Waals surface area contributed by atoms with Crippen molar-refractivity contribution in [3.63, 3.8) is 0 Å². The first-order valence-electron chi connectivity index (χ1n) is 7.52. The van der Waals surface area contributed by atoms with Crippen LogP contribution in [-0.2, 0) is 6.42 Å². The quantitative estimate of drug-likeness (QED) is 0.769. The van der Waals surface area contributed by atoms with Crippen molar-refractivity contribution in [2.75, 3.05) is 20.6 Å². The molecule has 0 spiro atoms. The molecule has 0 saturated carbocycles. The van der Waals surface area contributed by atoms with E-state index in [0.717, 1.165) is 6.54 Å². The molecule has 1 N–H and O–H groups in total. The maximum atomic E-state index is 3.65. The van der Waals surface area contributed by atoms with Gasteiger partial charge in [-0.15, -0.1) is 0 Å². The monoisotopic (exact) mass is 262 g/mol. The van der Waals surface area contributed by atoms with Crippen molar-refractivity contribution in [3.8, 4) is 0 Å². The van der Waals surface area contributed by atoms with Gasteiger partial charge in [-0.1, -0.05) is 37.6 Å². The third-order valence-electron chi connectivity index (χ3n) is 3.47. The van der Waals surface area contributed by atoms with Gasteiger partial charge in [0.05, 0.1) is 0 Å². The van der Waals surface area contributed by atoms with Crippen molar-refractivity contribution >= 4 is 0 Å². The molecule has 108 valence electrons.